The summed E-state index contributed by atoms with van der Waals surface area (Å²) in [4.78, 5) is 32.0. The molecule has 0 amide bonds. The number of rotatable bonds is 10. The molecule has 1 N–H and O–H groups in total. The van der Waals surface area contributed by atoms with Crippen LogP contribution in [-0.2, 0) is 9.47 Å². The highest BCUT2D eigenvalue weighted by Crippen LogP contribution is 2.28. The number of benzene rings is 2. The molecule has 0 saturated carbocycles. The molecule has 0 unspecified atom stereocenters. The van der Waals surface area contributed by atoms with E-state index < -0.39 is 38.8 Å². The summed E-state index contributed by atoms with van der Waals surface area (Å²) in [7, 11) is 0. The van der Waals surface area contributed by atoms with E-state index in [1.807, 2.05) is 0 Å². The Morgan fingerprint density at radius 3 is 2.40 bits per heavy atom. The van der Waals surface area contributed by atoms with Gasteiger partial charge in [-0.1, -0.05) is 11.6 Å². The number of nitrogens with zero attached hydrogens (tertiary/aromatic N) is 2. The molecule has 30 heavy (non-hydrogen) atoms. The Kier molecular flexibility index (Phi) is 7.95. The summed E-state index contributed by atoms with van der Waals surface area (Å²) in [5.41, 5.74) is -1.12. The van der Waals surface area contributed by atoms with Crippen molar-refractivity contribution in [2.24, 2.45) is 0 Å². The van der Waals surface area contributed by atoms with Gasteiger partial charge in [0.05, 0.1) is 39.7 Å². The first-order valence-corrected chi connectivity index (χ1v) is 8.64. The van der Waals surface area contributed by atoms with Crippen molar-refractivity contribution in [2.45, 2.75) is 0 Å². The molecule has 0 atom stereocenters. The second-order valence-electron chi connectivity index (χ2n) is 5.64. The zero-order chi connectivity index (χ0) is 22.3. The van der Waals surface area contributed by atoms with Crippen LogP contribution in [0.25, 0.3) is 0 Å². The fraction of sp³-hybridized carbons (Fsp3) is 0.235. The average molecular weight is 446 g/mol. The largest absolute Gasteiger partial charge is 0.460 e. The minimum atomic E-state index is -1.24. The zero-order valence-corrected chi connectivity index (χ0v) is 15.9. The van der Waals surface area contributed by atoms with Crippen molar-refractivity contribution in [3.63, 3.8) is 0 Å². The van der Waals surface area contributed by atoms with Crippen LogP contribution in [0.4, 0.5) is 25.8 Å². The molecule has 160 valence electrons. The van der Waals surface area contributed by atoms with Crippen LogP contribution in [0.3, 0.4) is 0 Å². The lowest BCUT2D eigenvalue weighted by atomic mass is 10.2. The number of hydrogen-bond donors (Lipinski definition) is 1. The number of ether oxygens (including phenoxy) is 2. The van der Waals surface area contributed by atoms with Gasteiger partial charge in [-0.25, -0.2) is 13.6 Å². The third kappa shape index (κ3) is 6.06. The molecular weight excluding hydrogens is 432 g/mol. The first-order chi connectivity index (χ1) is 14.2. The van der Waals surface area contributed by atoms with Crippen LogP contribution >= 0.6 is 11.6 Å². The third-order valence-corrected chi connectivity index (χ3v) is 3.95. The van der Waals surface area contributed by atoms with Crippen LogP contribution in [-0.4, -0.2) is 42.2 Å². The molecular formula is C17H14ClF2N3O7. The Labute approximate surface area is 172 Å². The number of halogens is 3. The second-order valence-corrected chi connectivity index (χ2v) is 6.04. The molecule has 2 aromatic carbocycles. The minimum Gasteiger partial charge on any atom is -0.460 e. The second kappa shape index (κ2) is 10.4. The maximum atomic E-state index is 13.2. The van der Waals surface area contributed by atoms with E-state index in [9.17, 15) is 33.8 Å². The number of nitro groups is 2. The van der Waals surface area contributed by atoms with E-state index in [4.69, 9.17) is 21.1 Å². The first kappa shape index (κ1) is 22.9. The van der Waals surface area contributed by atoms with E-state index in [2.05, 4.69) is 5.32 Å². The Morgan fingerprint density at radius 1 is 1.03 bits per heavy atom. The maximum absolute atomic E-state index is 13.2. The van der Waals surface area contributed by atoms with Gasteiger partial charge in [0.1, 0.15) is 12.3 Å². The van der Waals surface area contributed by atoms with Crippen LogP contribution < -0.4 is 5.32 Å². The monoisotopic (exact) mass is 445 g/mol. The normalized spacial score (nSPS) is 10.5. The van der Waals surface area contributed by atoms with Gasteiger partial charge in [0, 0.05) is 12.6 Å². The van der Waals surface area contributed by atoms with E-state index in [1.165, 1.54) is 6.07 Å². The van der Waals surface area contributed by atoms with Gasteiger partial charge in [0.2, 0.25) is 0 Å². The predicted molar refractivity (Wildman–Crippen MR) is 101 cm³/mol. The van der Waals surface area contributed by atoms with E-state index in [0.717, 1.165) is 12.1 Å². The van der Waals surface area contributed by atoms with Crippen LogP contribution in [0, 0.1) is 31.9 Å². The lowest BCUT2D eigenvalue weighted by molar-refractivity contribution is -0.393. The number of carbonyl (C=O) groups excluding carboxylic acids is 1. The van der Waals surface area contributed by atoms with Gasteiger partial charge < -0.3 is 14.8 Å². The lowest BCUT2D eigenvalue weighted by Crippen LogP contribution is -2.15. The maximum Gasteiger partial charge on any atom is 0.339 e. The smallest absolute Gasteiger partial charge is 0.339 e. The summed E-state index contributed by atoms with van der Waals surface area (Å²) in [5, 5.41) is 24.1. The molecule has 0 bridgehead atoms. The van der Waals surface area contributed by atoms with E-state index >= 15 is 0 Å². The molecule has 0 aliphatic heterocycles. The Balaban J connectivity index is 1.75. The molecule has 2 aromatic rings. The molecule has 0 spiro atoms. The van der Waals surface area contributed by atoms with E-state index in [0.29, 0.717) is 12.1 Å². The molecule has 2 rings (SSSR count). The number of anilines is 1. The van der Waals surface area contributed by atoms with Gasteiger partial charge >= 0.3 is 5.97 Å². The summed E-state index contributed by atoms with van der Waals surface area (Å²) in [5.74, 6) is -3.39. The van der Waals surface area contributed by atoms with Gasteiger partial charge in [0.15, 0.2) is 11.6 Å². The highest BCUT2D eigenvalue weighted by atomic mass is 35.5. The quantitative estimate of drug-likeness (QED) is 0.192. The molecule has 0 fully saturated rings. The fourth-order valence-electron chi connectivity index (χ4n) is 2.24. The average Bonchev–Trinajstić information content (AvgIpc) is 2.69. The molecule has 13 heteroatoms. The van der Waals surface area contributed by atoms with Crippen LogP contribution in [0.1, 0.15) is 10.4 Å². The topological polar surface area (TPSA) is 134 Å². The summed E-state index contributed by atoms with van der Waals surface area (Å²) in [6.07, 6.45) is 0. The van der Waals surface area contributed by atoms with Crippen LogP contribution in [0.5, 0.6) is 0 Å². The van der Waals surface area contributed by atoms with E-state index in [1.54, 1.807) is 0 Å². The summed E-state index contributed by atoms with van der Waals surface area (Å²) < 4.78 is 36.2. The molecule has 10 nitrogen and oxygen atoms in total. The third-order valence-electron chi connectivity index (χ3n) is 3.64. The SMILES string of the molecule is O=C(OCCOCCNc1ccc([N+](=O)[O-])cc1[N+](=O)[O-])c1cc(F)c(F)cc1Cl. The number of carbonyl (C=O) groups is 1. The molecule has 0 radical (unpaired) electrons. The number of nitrogens with one attached hydrogen (secondary N) is 1. The number of nitro benzene ring substituents is 2. The van der Waals surface area contributed by atoms with Crippen molar-refractivity contribution in [1.29, 1.82) is 0 Å². The summed E-state index contributed by atoms with van der Waals surface area (Å²) in [6, 6.07) is 4.46. The van der Waals surface area contributed by atoms with Crippen LogP contribution in [0.15, 0.2) is 30.3 Å². The first-order valence-electron chi connectivity index (χ1n) is 8.27. The lowest BCUT2D eigenvalue weighted by Gasteiger charge is -2.09. The Hall–Kier alpha value is -3.38. The number of hydrogen-bond acceptors (Lipinski definition) is 8. The van der Waals surface area contributed by atoms with Crippen molar-refractivity contribution in [3.8, 4) is 0 Å². The van der Waals surface area contributed by atoms with Crippen molar-refractivity contribution < 1.29 is 32.9 Å². The van der Waals surface area contributed by atoms with Crippen molar-refractivity contribution in [3.05, 3.63) is 72.8 Å². The zero-order valence-electron chi connectivity index (χ0n) is 15.1. The highest BCUT2D eigenvalue weighted by Gasteiger charge is 2.19. The highest BCUT2D eigenvalue weighted by molar-refractivity contribution is 6.33. The van der Waals surface area contributed by atoms with Crippen molar-refractivity contribution in [1.82, 2.24) is 0 Å². The molecule has 0 aliphatic carbocycles. The minimum absolute atomic E-state index is 0.0446. The number of non-ortho nitro benzene ring substituents is 1. The summed E-state index contributed by atoms with van der Waals surface area (Å²) >= 11 is 5.67. The van der Waals surface area contributed by atoms with Crippen LogP contribution in [0.2, 0.25) is 5.02 Å². The van der Waals surface area contributed by atoms with Gasteiger partial charge in [-0.3, -0.25) is 20.2 Å². The van der Waals surface area contributed by atoms with Crippen molar-refractivity contribution in [2.75, 3.05) is 31.7 Å². The van der Waals surface area contributed by atoms with Gasteiger partial charge in [-0.15, -0.1) is 0 Å². The van der Waals surface area contributed by atoms with Gasteiger partial charge in [-0.05, 0) is 18.2 Å². The van der Waals surface area contributed by atoms with Gasteiger partial charge in [-0.2, -0.15) is 0 Å². The Morgan fingerprint density at radius 2 is 1.73 bits per heavy atom. The fourth-order valence-corrected chi connectivity index (χ4v) is 2.47. The number of esters is 1. The Bertz CT molecular complexity index is 975. The summed E-state index contributed by atoms with van der Waals surface area (Å²) in [6.45, 7) is -0.0534. The molecule has 0 aromatic heterocycles. The molecule has 0 aliphatic rings. The molecule has 0 saturated heterocycles. The van der Waals surface area contributed by atoms with Crippen molar-refractivity contribution >= 4 is 34.6 Å². The van der Waals surface area contributed by atoms with Gasteiger partial charge in [0.25, 0.3) is 11.4 Å². The predicted octanol–water partition coefficient (Wildman–Crippen LogP) is 3.72. The molecule has 0 heterocycles. The standard InChI is InChI=1S/C17H14ClF2N3O7/c18-12-9-14(20)13(19)8-11(12)17(24)30-6-5-29-4-3-21-15-2-1-10(22(25)26)7-16(15)23(27)28/h1-2,7-9,21H,3-6H2. The van der Waals surface area contributed by atoms with E-state index in [-0.39, 0.29) is 42.6 Å².